The summed E-state index contributed by atoms with van der Waals surface area (Å²) in [7, 11) is 0. The fourth-order valence-electron chi connectivity index (χ4n) is 1.91. The summed E-state index contributed by atoms with van der Waals surface area (Å²) >= 11 is 4.70. The number of hydrogen-bond donors (Lipinski definition) is 6. The first-order valence-electron chi connectivity index (χ1n) is 4.89. The van der Waals surface area contributed by atoms with Gasteiger partial charge in [0.2, 0.25) is 0 Å². The maximum Gasteiger partial charge on any atom is 0.282 e. The number of aliphatic hydroxyl groups excluding tert-OH is 4. The van der Waals surface area contributed by atoms with Gasteiger partial charge in [-0.1, -0.05) is 0 Å². The van der Waals surface area contributed by atoms with Gasteiger partial charge in [0, 0.05) is 0 Å². The van der Waals surface area contributed by atoms with Crippen molar-refractivity contribution in [3.8, 4) is 0 Å². The van der Waals surface area contributed by atoms with Gasteiger partial charge < -0.3 is 30.5 Å². The Morgan fingerprint density at radius 2 is 2.00 bits per heavy atom. The molecule has 0 aromatic rings. The first-order valence-corrected chi connectivity index (χ1v) is 5.29. The Labute approximate surface area is 101 Å². The number of amides is 1. The van der Waals surface area contributed by atoms with Gasteiger partial charge in [-0.25, -0.2) is 0 Å². The number of hydrogen-bond acceptors (Lipinski definition) is 7. The lowest BCUT2D eigenvalue weighted by Crippen LogP contribution is -2.71. The van der Waals surface area contributed by atoms with Crippen LogP contribution in [0.2, 0.25) is 0 Å². The summed E-state index contributed by atoms with van der Waals surface area (Å²) in [5.41, 5.74) is -1.97. The zero-order valence-electron chi connectivity index (χ0n) is 8.53. The molecule has 2 aliphatic heterocycles. The molecule has 2 fully saturated rings. The molecular formula is C8H12N2O6S. The summed E-state index contributed by atoms with van der Waals surface area (Å²) in [5.74, 6) is -0.778. The van der Waals surface area contributed by atoms with Crippen molar-refractivity contribution in [2.45, 2.75) is 30.1 Å². The SMILES string of the molecule is O=C1NC(=S)N[C@]12O[C@H](CO)[C@@H](O)[C@H](O)[C@H]2O. The van der Waals surface area contributed by atoms with Crippen molar-refractivity contribution in [3.05, 3.63) is 0 Å². The lowest BCUT2D eigenvalue weighted by atomic mass is 9.90. The summed E-state index contributed by atoms with van der Waals surface area (Å²) in [4.78, 5) is 11.7. The van der Waals surface area contributed by atoms with E-state index < -0.39 is 42.7 Å². The molecule has 0 unspecified atom stereocenters. The Kier molecular flexibility index (Phi) is 3.06. The van der Waals surface area contributed by atoms with Gasteiger partial charge in [-0.15, -0.1) is 0 Å². The molecule has 9 heteroatoms. The molecule has 2 rings (SSSR count). The van der Waals surface area contributed by atoms with Crippen LogP contribution in [0.4, 0.5) is 0 Å². The number of thiocarbonyl (C=S) groups is 1. The topological polar surface area (TPSA) is 131 Å². The van der Waals surface area contributed by atoms with E-state index in [1.165, 1.54) is 0 Å². The van der Waals surface area contributed by atoms with Gasteiger partial charge >= 0.3 is 0 Å². The number of rotatable bonds is 1. The largest absolute Gasteiger partial charge is 0.394 e. The van der Waals surface area contributed by atoms with Gasteiger partial charge in [-0.3, -0.25) is 10.1 Å². The predicted molar refractivity (Wildman–Crippen MR) is 56.6 cm³/mol. The van der Waals surface area contributed by atoms with Crippen molar-refractivity contribution in [1.29, 1.82) is 0 Å². The summed E-state index contributed by atoms with van der Waals surface area (Å²) in [5, 5.41) is 42.5. The molecule has 2 heterocycles. The number of carbonyl (C=O) groups excluding carboxylic acids is 1. The highest BCUT2D eigenvalue weighted by Gasteiger charge is 2.61. The van der Waals surface area contributed by atoms with Crippen LogP contribution in [0.3, 0.4) is 0 Å². The quantitative estimate of drug-likeness (QED) is 0.265. The zero-order valence-corrected chi connectivity index (χ0v) is 9.35. The van der Waals surface area contributed by atoms with Crippen molar-refractivity contribution >= 4 is 23.2 Å². The molecule has 0 aromatic heterocycles. The number of carbonyl (C=O) groups is 1. The van der Waals surface area contributed by atoms with E-state index in [0.717, 1.165) is 0 Å². The Balaban J connectivity index is 2.34. The highest BCUT2D eigenvalue weighted by Crippen LogP contribution is 2.30. The number of ether oxygens (including phenoxy) is 1. The van der Waals surface area contributed by atoms with Crippen LogP contribution in [-0.2, 0) is 9.53 Å². The standard InChI is InChI=1S/C8H12N2O6S/c11-1-2-3(12)4(13)5(14)8(16-2)6(15)9-7(17)10-8/h2-5,11-14H,1H2,(H2,9,10,15,17)/t2-,3-,4+,5-,8-/m1/s1. The molecule has 6 N–H and O–H groups in total. The highest BCUT2D eigenvalue weighted by atomic mass is 32.1. The van der Waals surface area contributed by atoms with Gasteiger partial charge in [0.15, 0.2) is 5.11 Å². The predicted octanol–water partition coefficient (Wildman–Crippen LogP) is -3.84. The molecule has 1 amide bonds. The maximum absolute atomic E-state index is 11.7. The van der Waals surface area contributed by atoms with E-state index in [-0.39, 0.29) is 5.11 Å². The monoisotopic (exact) mass is 264 g/mol. The second kappa shape index (κ2) is 4.12. The molecule has 0 bridgehead atoms. The molecular weight excluding hydrogens is 252 g/mol. The van der Waals surface area contributed by atoms with Gasteiger partial charge in [0.05, 0.1) is 6.61 Å². The van der Waals surface area contributed by atoms with E-state index in [1.54, 1.807) is 0 Å². The Bertz CT molecular complexity index is 364. The van der Waals surface area contributed by atoms with Crippen LogP contribution in [0.5, 0.6) is 0 Å². The summed E-state index contributed by atoms with van der Waals surface area (Å²) in [6.45, 7) is -0.617. The van der Waals surface area contributed by atoms with Crippen LogP contribution in [0.25, 0.3) is 0 Å². The molecule has 0 aromatic carbocycles. The third kappa shape index (κ3) is 1.71. The van der Waals surface area contributed by atoms with E-state index in [4.69, 9.17) is 22.1 Å². The van der Waals surface area contributed by atoms with Crippen LogP contribution in [0.15, 0.2) is 0 Å². The molecule has 2 aliphatic rings. The maximum atomic E-state index is 11.7. The van der Waals surface area contributed by atoms with Crippen LogP contribution >= 0.6 is 12.2 Å². The molecule has 96 valence electrons. The second-order valence-corrected chi connectivity index (χ2v) is 4.32. The lowest BCUT2D eigenvalue weighted by Gasteiger charge is -2.44. The second-order valence-electron chi connectivity index (χ2n) is 3.91. The van der Waals surface area contributed by atoms with Crippen molar-refractivity contribution in [1.82, 2.24) is 10.6 Å². The average molecular weight is 264 g/mol. The molecule has 1 spiro atoms. The summed E-state index contributed by atoms with van der Waals surface area (Å²) in [6, 6.07) is 0. The smallest absolute Gasteiger partial charge is 0.282 e. The first kappa shape index (κ1) is 12.6. The fraction of sp³-hybridized carbons (Fsp3) is 0.750. The fourth-order valence-corrected chi connectivity index (χ4v) is 2.16. The van der Waals surface area contributed by atoms with Crippen LogP contribution in [-0.4, -0.2) is 68.2 Å². The van der Waals surface area contributed by atoms with Crippen molar-refractivity contribution in [2.24, 2.45) is 0 Å². The minimum atomic E-state index is -1.97. The molecule has 0 radical (unpaired) electrons. The molecule has 0 aliphatic carbocycles. The van der Waals surface area contributed by atoms with Crippen molar-refractivity contribution < 1.29 is 30.0 Å². The highest BCUT2D eigenvalue weighted by molar-refractivity contribution is 7.80. The molecule has 0 saturated carbocycles. The van der Waals surface area contributed by atoms with Gasteiger partial charge in [-0.2, -0.15) is 0 Å². The lowest BCUT2D eigenvalue weighted by molar-refractivity contribution is -0.267. The van der Waals surface area contributed by atoms with E-state index in [9.17, 15) is 20.1 Å². The summed E-state index contributed by atoms with van der Waals surface area (Å²) < 4.78 is 5.14. The Morgan fingerprint density at radius 1 is 1.35 bits per heavy atom. The normalized spacial score (nSPS) is 45.9. The van der Waals surface area contributed by atoms with Crippen LogP contribution < -0.4 is 10.6 Å². The van der Waals surface area contributed by atoms with Crippen LogP contribution in [0.1, 0.15) is 0 Å². The third-order valence-corrected chi connectivity index (χ3v) is 3.06. The minimum absolute atomic E-state index is 0.0608. The van der Waals surface area contributed by atoms with E-state index in [1.807, 2.05) is 0 Å². The molecule has 17 heavy (non-hydrogen) atoms. The minimum Gasteiger partial charge on any atom is -0.394 e. The van der Waals surface area contributed by atoms with Crippen molar-refractivity contribution in [3.63, 3.8) is 0 Å². The van der Waals surface area contributed by atoms with E-state index in [0.29, 0.717) is 0 Å². The Hall–Kier alpha value is -0.840. The molecule has 2 saturated heterocycles. The van der Waals surface area contributed by atoms with Crippen molar-refractivity contribution in [2.75, 3.05) is 6.61 Å². The zero-order chi connectivity index (χ0) is 12.8. The van der Waals surface area contributed by atoms with E-state index >= 15 is 0 Å². The van der Waals surface area contributed by atoms with Gasteiger partial charge in [-0.05, 0) is 12.2 Å². The van der Waals surface area contributed by atoms with E-state index in [2.05, 4.69) is 10.6 Å². The first-order chi connectivity index (χ1) is 7.92. The van der Waals surface area contributed by atoms with Crippen LogP contribution in [0, 0.1) is 0 Å². The Morgan fingerprint density at radius 3 is 2.47 bits per heavy atom. The molecule has 8 nitrogen and oxygen atoms in total. The average Bonchev–Trinajstić information content (AvgIpc) is 2.57. The summed E-state index contributed by atoms with van der Waals surface area (Å²) in [6.07, 6.45) is -6.04. The van der Waals surface area contributed by atoms with Gasteiger partial charge in [0.1, 0.15) is 24.4 Å². The number of aliphatic hydroxyl groups is 4. The van der Waals surface area contributed by atoms with Gasteiger partial charge in [0.25, 0.3) is 11.6 Å². The third-order valence-electron chi connectivity index (χ3n) is 2.85. The number of nitrogens with one attached hydrogen (secondary N) is 2. The molecule has 5 atom stereocenters.